The maximum atomic E-state index is 12.9. The van der Waals surface area contributed by atoms with Crippen LogP contribution in [-0.2, 0) is 19.5 Å². The number of nitrogens with one attached hydrogen (secondary N) is 1. The lowest BCUT2D eigenvalue weighted by molar-refractivity contribution is 0.0950. The Kier molecular flexibility index (Phi) is 5.42. The Hall–Kier alpha value is -3.81. The van der Waals surface area contributed by atoms with E-state index in [2.05, 4.69) is 25.5 Å². The molecule has 0 bridgehead atoms. The predicted octanol–water partition coefficient (Wildman–Crippen LogP) is 2.40. The molecular weight excluding hydrogens is 366 g/mol. The molecule has 3 aromatic heterocycles. The van der Waals surface area contributed by atoms with E-state index in [1.165, 1.54) is 6.33 Å². The molecule has 0 fully saturated rings. The monoisotopic (exact) mass is 387 g/mol. The molecule has 0 aliphatic carbocycles. The Morgan fingerprint density at radius 1 is 1.07 bits per heavy atom. The van der Waals surface area contributed by atoms with Gasteiger partial charge in [0.25, 0.3) is 5.91 Å². The van der Waals surface area contributed by atoms with Gasteiger partial charge in [-0.25, -0.2) is 19.3 Å². The lowest BCUT2D eigenvalue weighted by Gasteiger charge is -2.11. The van der Waals surface area contributed by atoms with Crippen molar-refractivity contribution in [2.45, 2.75) is 26.4 Å². The molecule has 0 saturated heterocycles. The van der Waals surface area contributed by atoms with E-state index in [1.807, 2.05) is 49.4 Å². The van der Waals surface area contributed by atoms with Crippen LogP contribution >= 0.6 is 0 Å². The summed E-state index contributed by atoms with van der Waals surface area (Å²) in [5.41, 5.74) is 3.51. The zero-order chi connectivity index (χ0) is 20.1. The Morgan fingerprint density at radius 2 is 1.90 bits per heavy atom. The summed E-state index contributed by atoms with van der Waals surface area (Å²) in [6.45, 7) is 3.02. The quantitative estimate of drug-likeness (QED) is 0.526. The lowest BCUT2D eigenvalue weighted by Crippen LogP contribution is -2.24. The van der Waals surface area contributed by atoms with Crippen LogP contribution in [0.3, 0.4) is 0 Å². The number of carbonyl (C=O) groups is 1. The van der Waals surface area contributed by atoms with Gasteiger partial charge in [0.05, 0.1) is 24.0 Å². The molecule has 4 aromatic rings. The Balaban J connectivity index is 1.51. The van der Waals surface area contributed by atoms with Crippen molar-refractivity contribution in [2.24, 2.45) is 0 Å². The largest absolute Gasteiger partial charge is 0.348 e. The molecular formula is C21H21N7O. The first-order valence-corrected chi connectivity index (χ1v) is 9.42. The summed E-state index contributed by atoms with van der Waals surface area (Å²) in [4.78, 5) is 21.2. The Labute approximate surface area is 168 Å². The van der Waals surface area contributed by atoms with Gasteiger partial charge >= 0.3 is 0 Å². The average Bonchev–Trinajstić information content (AvgIpc) is 3.43. The van der Waals surface area contributed by atoms with E-state index in [9.17, 15) is 4.79 Å². The van der Waals surface area contributed by atoms with Crippen LogP contribution in [0, 0.1) is 0 Å². The zero-order valence-corrected chi connectivity index (χ0v) is 16.1. The first-order valence-electron chi connectivity index (χ1n) is 9.42. The molecule has 1 aromatic carbocycles. The van der Waals surface area contributed by atoms with E-state index in [4.69, 9.17) is 0 Å². The van der Waals surface area contributed by atoms with Gasteiger partial charge in [0.2, 0.25) is 0 Å². The summed E-state index contributed by atoms with van der Waals surface area (Å²) in [5, 5.41) is 11.5. The summed E-state index contributed by atoms with van der Waals surface area (Å²) in [6, 6.07) is 13.6. The van der Waals surface area contributed by atoms with Crippen LogP contribution in [0.5, 0.6) is 0 Å². The van der Waals surface area contributed by atoms with Crippen molar-refractivity contribution in [1.82, 2.24) is 34.8 Å². The highest BCUT2D eigenvalue weighted by Gasteiger charge is 2.17. The van der Waals surface area contributed by atoms with E-state index >= 15 is 0 Å². The fourth-order valence-electron chi connectivity index (χ4n) is 3.22. The molecule has 0 aliphatic heterocycles. The maximum absolute atomic E-state index is 12.9. The standard InChI is InChI=1S/C21H21N7O/c1-2-19-18(12-25-28(19)20-9-5-6-10-23-20)21(29)24-11-16-7-3-4-8-17(16)13-27-15-22-14-26-27/h3-10,12,14-15H,2,11,13H2,1H3,(H,24,29). The van der Waals surface area contributed by atoms with Gasteiger partial charge < -0.3 is 5.32 Å². The maximum Gasteiger partial charge on any atom is 0.255 e. The summed E-state index contributed by atoms with van der Waals surface area (Å²) >= 11 is 0. The number of rotatable bonds is 7. The number of benzene rings is 1. The number of pyridine rings is 1. The molecule has 1 amide bonds. The van der Waals surface area contributed by atoms with Crippen molar-refractivity contribution in [3.05, 3.63) is 89.9 Å². The molecule has 146 valence electrons. The molecule has 8 nitrogen and oxygen atoms in total. The molecule has 1 N–H and O–H groups in total. The topological polar surface area (TPSA) is 90.5 Å². The Bertz CT molecular complexity index is 1090. The van der Waals surface area contributed by atoms with E-state index in [0.717, 1.165) is 16.8 Å². The molecule has 0 unspecified atom stereocenters. The molecule has 0 aliphatic rings. The van der Waals surface area contributed by atoms with Gasteiger partial charge in [0, 0.05) is 12.7 Å². The highest BCUT2D eigenvalue weighted by atomic mass is 16.1. The second kappa shape index (κ2) is 8.47. The van der Waals surface area contributed by atoms with Gasteiger partial charge in [-0.3, -0.25) is 4.79 Å². The molecule has 0 spiro atoms. The van der Waals surface area contributed by atoms with Gasteiger partial charge in [-0.15, -0.1) is 0 Å². The third-order valence-corrected chi connectivity index (χ3v) is 4.67. The molecule has 8 heteroatoms. The third-order valence-electron chi connectivity index (χ3n) is 4.67. The van der Waals surface area contributed by atoms with E-state index in [-0.39, 0.29) is 5.91 Å². The first kappa shape index (κ1) is 18.5. The summed E-state index contributed by atoms with van der Waals surface area (Å²) in [5.74, 6) is 0.543. The van der Waals surface area contributed by atoms with Crippen LogP contribution in [-0.4, -0.2) is 35.4 Å². The molecule has 4 rings (SSSR count). The van der Waals surface area contributed by atoms with Gasteiger partial charge in [-0.05, 0) is 29.7 Å². The van der Waals surface area contributed by atoms with Gasteiger partial charge in [-0.1, -0.05) is 37.3 Å². The fraction of sp³-hybridized carbons (Fsp3) is 0.190. The van der Waals surface area contributed by atoms with Crippen LogP contribution < -0.4 is 5.32 Å². The van der Waals surface area contributed by atoms with E-state index < -0.39 is 0 Å². The van der Waals surface area contributed by atoms with Crippen LogP contribution in [0.2, 0.25) is 0 Å². The van der Waals surface area contributed by atoms with Crippen LogP contribution in [0.4, 0.5) is 0 Å². The highest BCUT2D eigenvalue weighted by Crippen LogP contribution is 2.15. The number of hydrogen-bond donors (Lipinski definition) is 1. The second-order valence-corrected chi connectivity index (χ2v) is 6.50. The number of hydrogen-bond acceptors (Lipinski definition) is 5. The van der Waals surface area contributed by atoms with Crippen LogP contribution in [0.1, 0.15) is 34.1 Å². The van der Waals surface area contributed by atoms with Crippen molar-refractivity contribution in [2.75, 3.05) is 0 Å². The van der Waals surface area contributed by atoms with Crippen molar-refractivity contribution >= 4 is 5.91 Å². The molecule has 0 saturated carbocycles. The number of nitrogens with zero attached hydrogens (tertiary/aromatic N) is 6. The minimum Gasteiger partial charge on any atom is -0.348 e. The summed E-state index contributed by atoms with van der Waals surface area (Å²) in [7, 11) is 0. The molecule has 29 heavy (non-hydrogen) atoms. The minimum absolute atomic E-state index is 0.153. The van der Waals surface area contributed by atoms with Gasteiger partial charge in [-0.2, -0.15) is 10.2 Å². The zero-order valence-electron chi connectivity index (χ0n) is 16.1. The highest BCUT2D eigenvalue weighted by molar-refractivity contribution is 5.95. The SMILES string of the molecule is CCc1c(C(=O)NCc2ccccc2Cn2cncn2)cnn1-c1ccccn1. The van der Waals surface area contributed by atoms with Crippen LogP contribution in [0.15, 0.2) is 67.5 Å². The summed E-state index contributed by atoms with van der Waals surface area (Å²) < 4.78 is 3.47. The average molecular weight is 387 g/mol. The number of carbonyl (C=O) groups excluding carboxylic acids is 1. The predicted molar refractivity (Wildman–Crippen MR) is 107 cm³/mol. The van der Waals surface area contributed by atoms with E-state index in [0.29, 0.717) is 30.9 Å². The normalized spacial score (nSPS) is 10.8. The van der Waals surface area contributed by atoms with Crippen molar-refractivity contribution in [1.29, 1.82) is 0 Å². The lowest BCUT2D eigenvalue weighted by atomic mass is 10.1. The molecule has 0 radical (unpaired) electrons. The smallest absolute Gasteiger partial charge is 0.255 e. The van der Waals surface area contributed by atoms with Gasteiger partial charge in [0.1, 0.15) is 12.7 Å². The van der Waals surface area contributed by atoms with Crippen molar-refractivity contribution in [3.8, 4) is 5.82 Å². The molecule has 0 atom stereocenters. The van der Waals surface area contributed by atoms with Gasteiger partial charge in [0.15, 0.2) is 5.82 Å². The number of amides is 1. The van der Waals surface area contributed by atoms with Crippen LogP contribution in [0.25, 0.3) is 5.82 Å². The fourth-order valence-corrected chi connectivity index (χ4v) is 3.22. The third kappa shape index (κ3) is 4.06. The molecule has 3 heterocycles. The Morgan fingerprint density at radius 3 is 2.62 bits per heavy atom. The summed E-state index contributed by atoms with van der Waals surface area (Å²) in [6.07, 6.45) is 7.17. The minimum atomic E-state index is -0.153. The second-order valence-electron chi connectivity index (χ2n) is 6.50. The van der Waals surface area contributed by atoms with Crippen molar-refractivity contribution < 1.29 is 4.79 Å². The first-order chi connectivity index (χ1) is 14.3. The number of aromatic nitrogens is 6. The van der Waals surface area contributed by atoms with Crippen molar-refractivity contribution in [3.63, 3.8) is 0 Å². The van der Waals surface area contributed by atoms with E-state index in [1.54, 1.807) is 28.1 Å².